The molecule has 19 nitrogen and oxygen atoms in total. The van der Waals surface area contributed by atoms with Crippen molar-refractivity contribution in [2.75, 3.05) is 26.4 Å². The molecule has 0 aliphatic carbocycles. The molecule has 19 heteroatoms. The van der Waals surface area contributed by atoms with Crippen LogP contribution in [0.1, 0.15) is 367 Å². The second-order valence-corrected chi connectivity index (χ2v) is 30.3. The Balaban J connectivity index is 1.27. The van der Waals surface area contributed by atoms with Gasteiger partial charge < -0.3 is 89.9 Å². The summed E-state index contributed by atoms with van der Waals surface area (Å²) >= 11 is 0. The molecule has 0 aromatic carbocycles. The van der Waals surface area contributed by atoms with Gasteiger partial charge in [-0.3, -0.25) is 4.79 Å². The summed E-state index contributed by atoms with van der Waals surface area (Å²) in [6.07, 6.45) is 48.2. The molecule has 12 N–H and O–H groups in total. The van der Waals surface area contributed by atoms with Crippen LogP contribution in [0.4, 0.5) is 0 Å². The molecule has 3 aliphatic rings. The van der Waals surface area contributed by atoms with Gasteiger partial charge in [-0.15, -0.1) is 0 Å². The van der Waals surface area contributed by atoms with Crippen molar-refractivity contribution in [2.24, 2.45) is 0 Å². The van der Waals surface area contributed by atoms with E-state index in [2.05, 4.69) is 19.2 Å². The molecule has 0 bridgehead atoms. The minimum Gasteiger partial charge on any atom is -0.394 e. The fourth-order valence-corrected chi connectivity index (χ4v) is 14.6. The summed E-state index contributed by atoms with van der Waals surface area (Å²) in [7, 11) is 0. The first-order valence-electron chi connectivity index (χ1n) is 41.9. The summed E-state index contributed by atoms with van der Waals surface area (Å²) in [5, 5.41) is 121. The van der Waals surface area contributed by atoms with Gasteiger partial charge in [0.15, 0.2) is 18.9 Å². The number of carbonyl (C=O) groups is 1. The lowest BCUT2D eigenvalue weighted by Crippen LogP contribution is -2.66. The number of ether oxygens (including phenoxy) is 6. The van der Waals surface area contributed by atoms with E-state index < -0.39 is 124 Å². The van der Waals surface area contributed by atoms with Gasteiger partial charge in [0.05, 0.1) is 38.6 Å². The van der Waals surface area contributed by atoms with E-state index in [-0.39, 0.29) is 18.9 Å². The molecule has 100 heavy (non-hydrogen) atoms. The van der Waals surface area contributed by atoms with Gasteiger partial charge in [-0.05, 0) is 19.3 Å². The number of nitrogens with one attached hydrogen (secondary N) is 1. The molecule has 1 amide bonds. The maximum atomic E-state index is 13.5. The highest BCUT2D eigenvalue weighted by Crippen LogP contribution is 2.33. The molecule has 0 aromatic rings. The highest BCUT2D eigenvalue weighted by molar-refractivity contribution is 5.76. The second kappa shape index (κ2) is 62.6. The predicted octanol–water partition coefficient (Wildman–Crippen LogP) is 14.3. The molecule has 3 saturated heterocycles. The van der Waals surface area contributed by atoms with Crippen molar-refractivity contribution in [2.45, 2.75) is 471 Å². The number of rotatable bonds is 68. The molecule has 592 valence electrons. The van der Waals surface area contributed by atoms with Crippen molar-refractivity contribution in [3.05, 3.63) is 12.2 Å². The second-order valence-electron chi connectivity index (χ2n) is 30.3. The third-order valence-corrected chi connectivity index (χ3v) is 21.3. The van der Waals surface area contributed by atoms with E-state index in [1.807, 2.05) is 6.08 Å². The highest BCUT2D eigenvalue weighted by atomic mass is 16.8. The van der Waals surface area contributed by atoms with Crippen LogP contribution in [0.5, 0.6) is 0 Å². The van der Waals surface area contributed by atoms with Crippen molar-refractivity contribution in [3.63, 3.8) is 0 Å². The molecule has 3 heterocycles. The highest BCUT2D eigenvalue weighted by Gasteiger charge is 2.54. The number of amides is 1. The van der Waals surface area contributed by atoms with Crippen LogP contribution in [0, 0.1) is 0 Å². The number of aliphatic hydroxyl groups excluding tert-OH is 11. The molecule has 17 unspecified atom stereocenters. The van der Waals surface area contributed by atoms with E-state index in [4.69, 9.17) is 28.4 Å². The monoisotopic (exact) mass is 1430 g/mol. The van der Waals surface area contributed by atoms with Crippen molar-refractivity contribution < 1.29 is 89.4 Å². The minimum absolute atomic E-state index is 0.250. The van der Waals surface area contributed by atoms with E-state index in [0.29, 0.717) is 6.42 Å². The molecule has 0 aromatic heterocycles. The van der Waals surface area contributed by atoms with Crippen LogP contribution in [-0.4, -0.2) is 193 Å². The number of aliphatic hydroxyl groups is 11. The van der Waals surface area contributed by atoms with Gasteiger partial charge in [-0.1, -0.05) is 353 Å². The van der Waals surface area contributed by atoms with Gasteiger partial charge in [0.25, 0.3) is 0 Å². The van der Waals surface area contributed by atoms with Crippen LogP contribution in [0.2, 0.25) is 0 Å². The van der Waals surface area contributed by atoms with Crippen molar-refractivity contribution in [1.29, 1.82) is 0 Å². The van der Waals surface area contributed by atoms with Crippen LogP contribution in [0.25, 0.3) is 0 Å². The summed E-state index contributed by atoms with van der Waals surface area (Å²) in [4.78, 5) is 13.5. The van der Waals surface area contributed by atoms with Gasteiger partial charge in [-0.2, -0.15) is 0 Å². The lowest BCUT2D eigenvalue weighted by Gasteiger charge is -2.48. The van der Waals surface area contributed by atoms with E-state index >= 15 is 0 Å². The Morgan fingerprint density at radius 3 is 0.940 bits per heavy atom. The normalized spacial score (nSPS) is 26.4. The van der Waals surface area contributed by atoms with Crippen molar-refractivity contribution in [1.82, 2.24) is 5.32 Å². The molecule has 0 saturated carbocycles. The molecule has 3 rings (SSSR count). The van der Waals surface area contributed by atoms with Crippen LogP contribution in [0.3, 0.4) is 0 Å². The summed E-state index contributed by atoms with van der Waals surface area (Å²) in [5.41, 5.74) is 0. The molecule has 0 radical (unpaired) electrons. The molecule has 3 aliphatic heterocycles. The molecule has 17 atom stereocenters. The Morgan fingerprint density at radius 2 is 0.620 bits per heavy atom. The molecular formula is C81H155NO18. The van der Waals surface area contributed by atoms with Gasteiger partial charge in [0.2, 0.25) is 5.91 Å². The lowest BCUT2D eigenvalue weighted by molar-refractivity contribution is -0.379. The van der Waals surface area contributed by atoms with Crippen LogP contribution in [-0.2, 0) is 33.2 Å². The molecule has 0 spiro atoms. The first-order chi connectivity index (χ1) is 48.8. The van der Waals surface area contributed by atoms with Crippen LogP contribution < -0.4 is 5.32 Å². The van der Waals surface area contributed by atoms with E-state index in [1.54, 1.807) is 6.08 Å². The Kier molecular flexibility index (Phi) is 58.0. The third-order valence-electron chi connectivity index (χ3n) is 21.3. The summed E-state index contributed by atoms with van der Waals surface area (Å²) in [6, 6.07) is -0.969. The number of unbranched alkanes of at least 4 members (excludes halogenated alkanes) is 52. The number of allylic oxidation sites excluding steroid dienone is 1. The summed E-state index contributed by atoms with van der Waals surface area (Å²) < 4.78 is 34.4. The minimum atomic E-state index is -1.98. The summed E-state index contributed by atoms with van der Waals surface area (Å²) in [5.74, 6) is -0.267. The lowest BCUT2D eigenvalue weighted by atomic mass is 9.96. The maximum absolute atomic E-state index is 13.5. The fourth-order valence-electron chi connectivity index (χ4n) is 14.6. The standard InChI is InChI=1S/C81H155NO18/c1-3-5-7-9-11-13-15-17-19-20-21-22-23-24-25-26-27-28-29-30-31-32-33-34-35-36-37-38-39-40-41-42-43-45-47-49-51-53-55-57-59-69(87)82-64(65(86)58-56-54-52-50-48-46-44-18-16-14-12-10-8-6-4-2)63-95-79-75(93)72(90)77(67(61-84)97-79)100-81-76(94)73(91)78(68(62-85)98-81)99-80-74(92)71(89)70(88)66(60-83)96-80/h56,58,64-68,70-81,83-86,88-94H,3-55,57,59-63H2,1-2H3,(H,82,87)/b58-56+. The Hall–Kier alpha value is -1.47. The quantitative estimate of drug-likeness (QED) is 0.0199. The van der Waals surface area contributed by atoms with Gasteiger partial charge in [0, 0.05) is 6.42 Å². The molecule has 3 fully saturated rings. The topological polar surface area (TPSA) is 307 Å². The van der Waals surface area contributed by atoms with Crippen molar-refractivity contribution in [3.8, 4) is 0 Å². The third kappa shape index (κ3) is 42.2. The van der Waals surface area contributed by atoms with E-state index in [0.717, 1.165) is 44.9 Å². The SMILES string of the molecule is CCCCCCCCCCCCCCC/C=C/C(O)C(COC1OC(CO)C(OC2OC(CO)C(OC3OC(CO)C(O)C(O)C3O)C(O)C2O)C(O)C1O)NC(=O)CCCCCCCCCCCCCCCCCCCCCCCCCCCCCCCCCCCCCCCCCC. The number of carbonyl (C=O) groups excluding carboxylic acids is 1. The largest absolute Gasteiger partial charge is 0.394 e. The Labute approximate surface area is 607 Å². The Bertz CT molecular complexity index is 1850. The fraction of sp³-hybridized carbons (Fsp3) is 0.963. The smallest absolute Gasteiger partial charge is 0.220 e. The van der Waals surface area contributed by atoms with Gasteiger partial charge in [-0.25, -0.2) is 0 Å². The van der Waals surface area contributed by atoms with Gasteiger partial charge >= 0.3 is 0 Å². The van der Waals surface area contributed by atoms with Crippen LogP contribution >= 0.6 is 0 Å². The Morgan fingerprint density at radius 1 is 0.350 bits per heavy atom. The first kappa shape index (κ1) is 92.7. The number of hydrogen-bond acceptors (Lipinski definition) is 18. The maximum Gasteiger partial charge on any atom is 0.220 e. The first-order valence-corrected chi connectivity index (χ1v) is 41.9. The zero-order chi connectivity index (χ0) is 72.5. The predicted molar refractivity (Wildman–Crippen MR) is 397 cm³/mol. The van der Waals surface area contributed by atoms with Crippen LogP contribution in [0.15, 0.2) is 12.2 Å². The van der Waals surface area contributed by atoms with E-state index in [9.17, 15) is 61.0 Å². The van der Waals surface area contributed by atoms with Gasteiger partial charge in [0.1, 0.15) is 73.2 Å². The average Bonchev–Trinajstić information content (AvgIpc) is 0.783. The zero-order valence-electron chi connectivity index (χ0n) is 63.5. The van der Waals surface area contributed by atoms with E-state index in [1.165, 1.54) is 295 Å². The molecular weight excluding hydrogens is 1270 g/mol. The average molecular weight is 1430 g/mol. The zero-order valence-corrected chi connectivity index (χ0v) is 63.5. The van der Waals surface area contributed by atoms with Crippen molar-refractivity contribution >= 4 is 5.91 Å². The number of hydrogen-bond donors (Lipinski definition) is 12. The summed E-state index contributed by atoms with van der Waals surface area (Å²) in [6.45, 7) is 1.78.